The zero-order valence-corrected chi connectivity index (χ0v) is 33.4. The third-order valence-corrected chi connectivity index (χ3v) is 17.1. The maximum absolute atomic E-state index is 2.71. The van der Waals surface area contributed by atoms with E-state index in [0.29, 0.717) is 5.41 Å². The van der Waals surface area contributed by atoms with Gasteiger partial charge in [-0.2, -0.15) is 0 Å². The van der Waals surface area contributed by atoms with E-state index in [2.05, 4.69) is 146 Å². The molecule has 4 atom stereocenters. The molecule has 4 aliphatic rings. The summed E-state index contributed by atoms with van der Waals surface area (Å²) in [6.45, 7) is 34.4. The van der Waals surface area contributed by atoms with Crippen molar-refractivity contribution in [3.63, 3.8) is 0 Å². The minimum Gasteiger partial charge on any atom is -0.308 e. The summed E-state index contributed by atoms with van der Waals surface area (Å²) in [6.07, 6.45) is 1.80. The molecular formula is C23H56B8Mn2N2Si3. The molecule has 4 unspecified atom stereocenters. The summed E-state index contributed by atoms with van der Waals surface area (Å²) in [7, 11) is 16.0. The third-order valence-electron chi connectivity index (χ3n) is 8.95. The standard InChI is InChI=1S/C9H20B4Si.C8H20B4Si2.C6H16N2.2Mn/c1-9(2,3)7-8(14(4,5)6)10-13-11-12(7)13;1-13(2,3)7-8(14(4,5)6)11-10-12(11)9-7;1-7(2)5-6-8(3)4;;/h2*7-8H,1-6H3;5-6H2,1-4H3;;. The molecule has 4 fully saturated rings. The van der Waals surface area contributed by atoms with Gasteiger partial charge in [-0.3, -0.25) is 0 Å². The van der Waals surface area contributed by atoms with Gasteiger partial charge in [0.2, 0.25) is 0 Å². The number of rotatable bonds is 6. The second kappa shape index (κ2) is 14.7. The molecule has 0 aromatic carbocycles. The van der Waals surface area contributed by atoms with Gasteiger partial charge in [0.05, 0.1) is 14.3 Å². The molecule has 0 amide bonds. The second-order valence-electron chi connectivity index (χ2n) is 17.3. The van der Waals surface area contributed by atoms with Crippen molar-refractivity contribution in [1.82, 2.24) is 9.80 Å². The summed E-state index contributed by atoms with van der Waals surface area (Å²) in [5.41, 5.74) is 3.52. The van der Waals surface area contributed by atoms with Crippen molar-refractivity contribution in [3.8, 4) is 0 Å². The molecule has 0 saturated carbocycles. The van der Waals surface area contributed by atoms with E-state index in [1.54, 1.807) is 0 Å². The van der Waals surface area contributed by atoms with Gasteiger partial charge in [-0.05, 0) is 33.6 Å². The predicted molar refractivity (Wildman–Crippen MR) is 188 cm³/mol. The first-order valence-corrected chi connectivity index (χ1v) is 25.5. The fourth-order valence-corrected chi connectivity index (χ4v) is 17.3. The molecule has 15 heteroatoms. The van der Waals surface area contributed by atoms with Gasteiger partial charge in [-0.15, -0.1) is 0 Å². The fourth-order valence-electron chi connectivity index (χ4n) is 6.97. The maximum atomic E-state index is 2.71. The Morgan fingerprint density at radius 1 is 0.605 bits per heavy atom. The quantitative estimate of drug-likeness (QED) is 0.404. The Kier molecular flexibility index (Phi) is 15.6. The van der Waals surface area contributed by atoms with E-state index in [1.165, 1.54) is 0 Å². The SMILES string of the molecule is CC(C)(C)C1B2[B]B2[B]C1[Si](C)(C)C.CN(C)CCN(C)C.C[Si](C)(C)C1[B]B2[B]B2C1[Si](C)(C)C.[Mn].[Mn]. The van der Waals surface area contributed by atoms with Gasteiger partial charge in [-0.1, -0.05) is 102 Å². The van der Waals surface area contributed by atoms with Crippen molar-refractivity contribution < 1.29 is 34.1 Å². The molecule has 0 aromatic rings. The van der Waals surface area contributed by atoms with E-state index in [4.69, 9.17) is 0 Å². The van der Waals surface area contributed by atoms with Crippen molar-refractivity contribution in [2.24, 2.45) is 5.41 Å². The summed E-state index contributed by atoms with van der Waals surface area (Å²) in [5.74, 6) is 0.930. The third kappa shape index (κ3) is 11.7. The van der Waals surface area contributed by atoms with Crippen LogP contribution >= 0.6 is 0 Å². The van der Waals surface area contributed by atoms with Gasteiger partial charge < -0.3 is 9.80 Å². The Bertz CT molecular complexity index is 669. The summed E-state index contributed by atoms with van der Waals surface area (Å²) in [4.78, 5) is 4.36. The van der Waals surface area contributed by atoms with Crippen molar-refractivity contribution in [2.75, 3.05) is 41.3 Å². The summed E-state index contributed by atoms with van der Waals surface area (Å²) < 4.78 is 0. The molecule has 6 radical (unpaired) electrons. The van der Waals surface area contributed by atoms with E-state index in [1.807, 2.05) is 0 Å². The predicted octanol–water partition coefficient (Wildman–Crippen LogP) is 4.06. The van der Waals surface area contributed by atoms with Gasteiger partial charge in [0.25, 0.3) is 0 Å². The zero-order chi connectivity index (χ0) is 28.0. The van der Waals surface area contributed by atoms with Crippen molar-refractivity contribution in [2.45, 2.75) is 102 Å². The first-order chi connectivity index (χ1) is 16.0. The van der Waals surface area contributed by atoms with Gasteiger partial charge in [-0.25, -0.2) is 0 Å². The van der Waals surface area contributed by atoms with Crippen LogP contribution in [0.2, 0.25) is 81.1 Å². The van der Waals surface area contributed by atoms with E-state index >= 15 is 0 Å². The van der Waals surface area contributed by atoms with Gasteiger partial charge in [0.1, 0.15) is 0 Å². The van der Waals surface area contributed by atoms with Gasteiger partial charge >= 0.3 is 0 Å². The monoisotopic (exact) mass is 642 g/mol. The normalized spacial score (nSPS) is 25.2. The fraction of sp³-hybridized carbons (Fsp3) is 1.00. The topological polar surface area (TPSA) is 6.48 Å². The maximum Gasteiger partial charge on any atom is 0.0553 e. The van der Waals surface area contributed by atoms with Crippen LogP contribution in [0.25, 0.3) is 0 Å². The summed E-state index contributed by atoms with van der Waals surface area (Å²) in [5, 5.41) is 0. The molecule has 0 aromatic heterocycles. The van der Waals surface area contributed by atoms with Crippen LogP contribution in [0.4, 0.5) is 0 Å². The van der Waals surface area contributed by atoms with Crippen LogP contribution in [0.5, 0.6) is 0 Å². The second-order valence-corrected chi connectivity index (χ2v) is 33.4. The first-order valence-electron chi connectivity index (χ1n) is 14.7. The van der Waals surface area contributed by atoms with Crippen molar-refractivity contribution >= 4 is 78.4 Å². The molecule has 0 spiro atoms. The Morgan fingerprint density at radius 3 is 1.26 bits per heavy atom. The van der Waals surface area contributed by atoms with Crippen LogP contribution in [0, 0.1) is 5.41 Å². The van der Waals surface area contributed by atoms with Crippen LogP contribution in [-0.4, -0.2) is 130 Å². The number of nitrogens with zero attached hydrogens (tertiary/aromatic N) is 2. The molecule has 4 rings (SSSR count). The van der Waals surface area contributed by atoms with E-state index in [-0.39, 0.29) is 34.1 Å². The van der Waals surface area contributed by atoms with Crippen LogP contribution in [0.15, 0.2) is 0 Å². The molecule has 4 aliphatic heterocycles. The van der Waals surface area contributed by atoms with E-state index in [9.17, 15) is 0 Å². The Labute approximate surface area is 269 Å². The smallest absolute Gasteiger partial charge is 0.0553 e. The first kappa shape index (κ1) is 40.1. The molecule has 0 N–H and O–H groups in total. The van der Waals surface area contributed by atoms with Gasteiger partial charge in [0, 0.05) is 111 Å². The van der Waals surface area contributed by atoms with Crippen LogP contribution in [0.3, 0.4) is 0 Å². The number of hydrogen-bond acceptors (Lipinski definition) is 2. The number of fused-ring (bicyclic) bond motifs is 2. The molecule has 2 nitrogen and oxygen atoms in total. The minimum absolute atomic E-state index is 0. The number of likely N-dealkylation sites (N-methyl/N-ethyl adjacent to an activating group) is 2. The Balaban J connectivity index is 0.000000549. The Hall–Kier alpha value is 2.13. The molecular weight excluding hydrogens is 585 g/mol. The number of hydrogen-bond donors (Lipinski definition) is 0. The molecule has 0 aliphatic carbocycles. The van der Waals surface area contributed by atoms with Crippen LogP contribution < -0.4 is 0 Å². The average molecular weight is 641 g/mol. The largest absolute Gasteiger partial charge is 0.308 e. The Morgan fingerprint density at radius 2 is 0.974 bits per heavy atom. The van der Waals surface area contributed by atoms with Crippen molar-refractivity contribution in [1.29, 1.82) is 0 Å². The molecule has 4 saturated heterocycles. The molecule has 4 heterocycles. The molecule has 0 bridgehead atoms. The van der Waals surface area contributed by atoms with Crippen LogP contribution in [0.1, 0.15) is 20.8 Å². The van der Waals surface area contributed by atoms with E-state index < -0.39 is 24.2 Å². The van der Waals surface area contributed by atoms with E-state index in [0.717, 1.165) is 61.0 Å². The molecule has 208 valence electrons. The average Bonchev–Trinajstić information content (AvgIpc) is 3.52. The van der Waals surface area contributed by atoms with Gasteiger partial charge in [0.15, 0.2) is 0 Å². The van der Waals surface area contributed by atoms with Crippen LogP contribution in [-0.2, 0) is 34.1 Å². The summed E-state index contributed by atoms with van der Waals surface area (Å²) in [6, 6.07) is 0. The summed E-state index contributed by atoms with van der Waals surface area (Å²) >= 11 is 0. The molecule has 38 heavy (non-hydrogen) atoms. The zero-order valence-electron chi connectivity index (χ0n) is 28.0. The van der Waals surface area contributed by atoms with Crippen molar-refractivity contribution in [3.05, 3.63) is 0 Å². The minimum atomic E-state index is -0.984.